The fraction of sp³-hybridized carbons (Fsp3) is 0.889. The summed E-state index contributed by atoms with van der Waals surface area (Å²) in [6.45, 7) is 4.88. The molecule has 0 saturated carbocycles. The number of amides is 1. The van der Waals surface area contributed by atoms with E-state index in [0.29, 0.717) is 0 Å². The number of carbonyl (C=O) groups is 1. The lowest BCUT2D eigenvalue weighted by Gasteiger charge is -2.16. The minimum absolute atomic E-state index is 0.00985. The summed E-state index contributed by atoms with van der Waals surface area (Å²) in [6.07, 6.45) is -5.10. The molecule has 1 amide bonds. The number of nitrogens with one attached hydrogen (secondary N) is 2. The fourth-order valence-electron chi connectivity index (χ4n) is 0.933. The zero-order chi connectivity index (χ0) is 12.1. The predicted molar refractivity (Wildman–Crippen MR) is 51.4 cm³/mol. The average molecular weight is 226 g/mol. The number of halogens is 3. The van der Waals surface area contributed by atoms with E-state index in [4.69, 9.17) is 0 Å². The highest BCUT2D eigenvalue weighted by Crippen LogP contribution is 2.18. The molecule has 2 N–H and O–H groups in total. The van der Waals surface area contributed by atoms with Crippen molar-refractivity contribution in [2.24, 2.45) is 0 Å². The molecule has 0 heterocycles. The van der Waals surface area contributed by atoms with Crippen LogP contribution in [0.5, 0.6) is 0 Å². The molecule has 15 heavy (non-hydrogen) atoms. The first kappa shape index (κ1) is 14.2. The number of hydrogen-bond acceptors (Lipinski definition) is 2. The highest BCUT2D eigenvalue weighted by Gasteiger charge is 2.26. The first-order valence-corrected chi connectivity index (χ1v) is 4.83. The minimum Gasteiger partial charge on any atom is -0.353 e. The zero-order valence-electron chi connectivity index (χ0n) is 9.11. The molecule has 0 bridgehead atoms. The Hall–Kier alpha value is -0.780. The van der Waals surface area contributed by atoms with Crippen LogP contribution in [0.3, 0.4) is 0 Å². The Morgan fingerprint density at radius 3 is 2.20 bits per heavy atom. The van der Waals surface area contributed by atoms with E-state index < -0.39 is 18.6 Å². The van der Waals surface area contributed by atoms with Crippen LogP contribution in [0.25, 0.3) is 0 Å². The normalized spacial score (nSPS) is 14.1. The molecule has 6 heteroatoms. The summed E-state index contributed by atoms with van der Waals surface area (Å²) in [5.41, 5.74) is 0. The average Bonchev–Trinajstić information content (AvgIpc) is 2.00. The van der Waals surface area contributed by atoms with Crippen molar-refractivity contribution < 1.29 is 18.0 Å². The molecule has 0 aromatic carbocycles. The van der Waals surface area contributed by atoms with Gasteiger partial charge < -0.3 is 10.6 Å². The Morgan fingerprint density at radius 2 is 1.80 bits per heavy atom. The first-order valence-electron chi connectivity index (χ1n) is 4.83. The van der Waals surface area contributed by atoms with Crippen LogP contribution in [0, 0.1) is 0 Å². The number of alkyl halides is 3. The molecule has 0 spiro atoms. The van der Waals surface area contributed by atoms with Crippen LogP contribution in [0.1, 0.15) is 27.2 Å². The van der Waals surface area contributed by atoms with Gasteiger partial charge in [0.2, 0.25) is 5.91 Å². The highest BCUT2D eigenvalue weighted by molar-refractivity contribution is 5.81. The van der Waals surface area contributed by atoms with Gasteiger partial charge in [0.15, 0.2) is 0 Å². The van der Waals surface area contributed by atoms with Crippen LogP contribution in [-0.4, -0.2) is 30.7 Å². The summed E-state index contributed by atoms with van der Waals surface area (Å²) in [5.74, 6) is -0.285. The second kappa shape index (κ2) is 5.95. The van der Waals surface area contributed by atoms with Crippen LogP contribution < -0.4 is 10.6 Å². The molecule has 0 aromatic rings. The topological polar surface area (TPSA) is 41.1 Å². The third-order valence-electron chi connectivity index (χ3n) is 1.68. The molecule has 0 saturated heterocycles. The lowest BCUT2D eigenvalue weighted by Crippen LogP contribution is -2.45. The molecule has 0 aliphatic heterocycles. The molecular formula is C9H17F3N2O. The van der Waals surface area contributed by atoms with E-state index in [2.05, 4.69) is 10.6 Å². The molecule has 0 rings (SSSR count). The van der Waals surface area contributed by atoms with Crippen molar-refractivity contribution in [1.82, 2.24) is 10.6 Å². The van der Waals surface area contributed by atoms with Crippen molar-refractivity contribution in [2.45, 2.75) is 45.5 Å². The van der Waals surface area contributed by atoms with E-state index in [-0.39, 0.29) is 18.5 Å². The van der Waals surface area contributed by atoms with E-state index >= 15 is 0 Å². The molecule has 0 aliphatic rings. The second-order valence-corrected chi connectivity index (χ2v) is 3.70. The Morgan fingerprint density at radius 1 is 1.27 bits per heavy atom. The lowest BCUT2D eigenvalue weighted by atomic mass is 10.2. The molecule has 1 unspecified atom stereocenters. The zero-order valence-corrected chi connectivity index (χ0v) is 9.11. The summed E-state index contributed by atoms with van der Waals surface area (Å²) in [7, 11) is 0. The van der Waals surface area contributed by atoms with E-state index in [9.17, 15) is 18.0 Å². The van der Waals surface area contributed by atoms with E-state index in [1.807, 2.05) is 0 Å². The monoisotopic (exact) mass is 226 g/mol. The third kappa shape index (κ3) is 8.23. The molecule has 0 aromatic heterocycles. The second-order valence-electron chi connectivity index (χ2n) is 3.70. The number of rotatable bonds is 5. The van der Waals surface area contributed by atoms with E-state index in [0.717, 1.165) is 0 Å². The molecule has 90 valence electrons. The molecule has 0 fully saturated rings. The molecule has 0 aliphatic carbocycles. The Kier molecular flexibility index (Phi) is 5.64. The largest absolute Gasteiger partial charge is 0.390 e. The van der Waals surface area contributed by atoms with Crippen LogP contribution in [0.4, 0.5) is 13.2 Å². The Labute approximate surface area is 87.4 Å². The lowest BCUT2D eigenvalue weighted by molar-refractivity contribution is -0.135. The van der Waals surface area contributed by atoms with Crippen molar-refractivity contribution >= 4 is 5.91 Å². The number of carbonyl (C=O) groups excluding carboxylic acids is 1. The van der Waals surface area contributed by atoms with Crippen LogP contribution in [0.15, 0.2) is 0 Å². The van der Waals surface area contributed by atoms with Crippen molar-refractivity contribution in [3.8, 4) is 0 Å². The van der Waals surface area contributed by atoms with Gasteiger partial charge in [0.25, 0.3) is 0 Å². The maximum absolute atomic E-state index is 11.8. The molecular weight excluding hydrogens is 209 g/mol. The summed E-state index contributed by atoms with van der Waals surface area (Å²) in [4.78, 5) is 11.3. The quantitative estimate of drug-likeness (QED) is 0.744. The van der Waals surface area contributed by atoms with Gasteiger partial charge in [-0.1, -0.05) is 0 Å². The predicted octanol–water partition coefficient (Wildman–Crippen LogP) is 1.44. The SMILES string of the molecule is CC(C)NC(=O)C(C)NCCC(F)(F)F. The highest BCUT2D eigenvalue weighted by atomic mass is 19.4. The van der Waals surface area contributed by atoms with Gasteiger partial charge in [0, 0.05) is 12.6 Å². The van der Waals surface area contributed by atoms with Gasteiger partial charge in [0.1, 0.15) is 0 Å². The first-order chi connectivity index (χ1) is 6.72. The summed E-state index contributed by atoms with van der Waals surface area (Å²) >= 11 is 0. The summed E-state index contributed by atoms with van der Waals surface area (Å²) < 4.78 is 35.3. The standard InChI is InChI=1S/C9H17F3N2O/c1-6(2)14-8(15)7(3)13-5-4-9(10,11)12/h6-7,13H,4-5H2,1-3H3,(H,14,15). The van der Waals surface area contributed by atoms with Crippen LogP contribution in [-0.2, 0) is 4.79 Å². The Balaban J connectivity index is 3.74. The van der Waals surface area contributed by atoms with Gasteiger partial charge >= 0.3 is 6.18 Å². The summed E-state index contributed by atoms with van der Waals surface area (Å²) in [6, 6.07) is -0.612. The van der Waals surface area contributed by atoms with Crippen LogP contribution in [0.2, 0.25) is 0 Å². The van der Waals surface area contributed by atoms with Crippen molar-refractivity contribution in [3.05, 3.63) is 0 Å². The number of hydrogen-bond donors (Lipinski definition) is 2. The van der Waals surface area contributed by atoms with Gasteiger partial charge in [0.05, 0.1) is 12.5 Å². The van der Waals surface area contributed by atoms with E-state index in [1.54, 1.807) is 13.8 Å². The van der Waals surface area contributed by atoms with Crippen molar-refractivity contribution in [2.75, 3.05) is 6.54 Å². The summed E-state index contributed by atoms with van der Waals surface area (Å²) in [5, 5.41) is 5.12. The van der Waals surface area contributed by atoms with Gasteiger partial charge in [-0.25, -0.2) is 0 Å². The van der Waals surface area contributed by atoms with Gasteiger partial charge in [-0.2, -0.15) is 13.2 Å². The molecule has 3 nitrogen and oxygen atoms in total. The van der Waals surface area contributed by atoms with Crippen molar-refractivity contribution in [3.63, 3.8) is 0 Å². The van der Waals surface area contributed by atoms with Gasteiger partial charge in [-0.05, 0) is 20.8 Å². The maximum Gasteiger partial charge on any atom is 0.390 e. The Bertz CT molecular complexity index is 204. The third-order valence-corrected chi connectivity index (χ3v) is 1.68. The smallest absolute Gasteiger partial charge is 0.353 e. The maximum atomic E-state index is 11.8. The molecule has 0 radical (unpaired) electrons. The van der Waals surface area contributed by atoms with Gasteiger partial charge in [-0.15, -0.1) is 0 Å². The van der Waals surface area contributed by atoms with Gasteiger partial charge in [-0.3, -0.25) is 4.79 Å². The minimum atomic E-state index is -4.18. The fourth-order valence-corrected chi connectivity index (χ4v) is 0.933. The van der Waals surface area contributed by atoms with Crippen molar-refractivity contribution in [1.29, 1.82) is 0 Å². The molecule has 1 atom stereocenters. The van der Waals surface area contributed by atoms with E-state index in [1.165, 1.54) is 6.92 Å². The van der Waals surface area contributed by atoms with Crippen LogP contribution >= 0.6 is 0 Å².